The third-order valence-corrected chi connectivity index (χ3v) is 5.36. The molecule has 0 fully saturated rings. The molecule has 1 N–H and O–H groups in total. The Kier molecular flexibility index (Phi) is 5.28. The Morgan fingerprint density at radius 3 is 2.44 bits per heavy atom. The van der Waals surface area contributed by atoms with Crippen LogP contribution in [0.2, 0.25) is 5.02 Å². The van der Waals surface area contributed by atoms with E-state index in [0.717, 1.165) is 24.4 Å². The van der Waals surface area contributed by atoms with Crippen molar-refractivity contribution in [2.45, 2.75) is 6.18 Å². The molecule has 3 heterocycles. The van der Waals surface area contributed by atoms with Crippen LogP contribution >= 0.6 is 11.6 Å². The summed E-state index contributed by atoms with van der Waals surface area (Å²) < 4.78 is 82.9. The molecule has 4 aromatic rings. The molecule has 2 aromatic carbocycles. The first-order chi connectivity index (χ1) is 16.3. The second kappa shape index (κ2) is 8.17. The van der Waals surface area contributed by atoms with Crippen molar-refractivity contribution < 1.29 is 31.2 Å². The Hall–Kier alpha value is -3.86. The first-order valence-electron chi connectivity index (χ1n) is 9.68. The molecule has 0 radical (unpaired) electrons. The molecule has 0 aliphatic carbocycles. The SMILES string of the molecule is Fc1ccccc1-n1ncc(-c2onc(-c3c(F)cccc3Cl)c2C2=CNCO2)c1C(F)(F)F. The molecule has 0 amide bonds. The van der Waals surface area contributed by atoms with Crippen LogP contribution in [0.4, 0.5) is 22.0 Å². The highest BCUT2D eigenvalue weighted by Gasteiger charge is 2.42. The van der Waals surface area contributed by atoms with E-state index in [1.54, 1.807) is 0 Å². The van der Waals surface area contributed by atoms with Crippen LogP contribution in [0, 0.1) is 11.6 Å². The average Bonchev–Trinajstić information content (AvgIpc) is 3.52. The smallest absolute Gasteiger partial charge is 0.434 e. The highest BCUT2D eigenvalue weighted by Crippen LogP contribution is 2.45. The lowest BCUT2D eigenvalue weighted by molar-refractivity contribution is -0.142. The maximum atomic E-state index is 14.7. The zero-order valence-corrected chi connectivity index (χ0v) is 17.6. The summed E-state index contributed by atoms with van der Waals surface area (Å²) in [6.45, 7) is 0.0189. The molecule has 1 aliphatic heterocycles. The average molecular weight is 495 g/mol. The second-order valence-corrected chi connectivity index (χ2v) is 7.51. The summed E-state index contributed by atoms with van der Waals surface area (Å²) in [4.78, 5) is 0. The number of hydrogen-bond acceptors (Lipinski definition) is 5. The Balaban J connectivity index is 1.79. The molecule has 0 bridgehead atoms. The fourth-order valence-corrected chi connectivity index (χ4v) is 3.88. The number of rotatable bonds is 4. The van der Waals surface area contributed by atoms with Crippen molar-refractivity contribution in [3.05, 3.63) is 82.8 Å². The fraction of sp³-hybridized carbons (Fsp3) is 0.0909. The Labute approximate surface area is 193 Å². The Morgan fingerprint density at radius 2 is 1.76 bits per heavy atom. The quantitative estimate of drug-likeness (QED) is 0.351. The summed E-state index contributed by atoms with van der Waals surface area (Å²) in [7, 11) is 0. The molecule has 12 heteroatoms. The third kappa shape index (κ3) is 3.58. The van der Waals surface area contributed by atoms with Crippen LogP contribution in [0.5, 0.6) is 0 Å². The number of nitrogens with one attached hydrogen (secondary N) is 1. The van der Waals surface area contributed by atoms with Gasteiger partial charge in [-0.1, -0.05) is 35.0 Å². The number of ether oxygens (including phenoxy) is 1. The van der Waals surface area contributed by atoms with Crippen molar-refractivity contribution in [1.82, 2.24) is 20.3 Å². The molecule has 1 aliphatic rings. The van der Waals surface area contributed by atoms with Crippen LogP contribution in [0.25, 0.3) is 34.0 Å². The van der Waals surface area contributed by atoms with Crippen molar-refractivity contribution in [3.8, 4) is 28.3 Å². The van der Waals surface area contributed by atoms with E-state index in [1.165, 1.54) is 30.5 Å². The molecule has 0 saturated heterocycles. The van der Waals surface area contributed by atoms with Gasteiger partial charge in [-0.05, 0) is 24.3 Å². The van der Waals surface area contributed by atoms with Gasteiger partial charge in [-0.2, -0.15) is 18.3 Å². The summed E-state index contributed by atoms with van der Waals surface area (Å²) in [6.07, 6.45) is -2.73. The van der Waals surface area contributed by atoms with Gasteiger partial charge in [0.1, 0.15) is 23.0 Å². The fourth-order valence-electron chi connectivity index (χ4n) is 3.63. The number of para-hydroxylation sites is 1. The molecule has 2 aromatic heterocycles. The molecule has 34 heavy (non-hydrogen) atoms. The molecular formula is C22H12ClF5N4O2. The van der Waals surface area contributed by atoms with Gasteiger partial charge in [0.15, 0.2) is 23.9 Å². The predicted octanol–water partition coefficient (Wildman–Crippen LogP) is 6.02. The van der Waals surface area contributed by atoms with Gasteiger partial charge in [-0.3, -0.25) is 0 Å². The van der Waals surface area contributed by atoms with E-state index < -0.39 is 40.5 Å². The van der Waals surface area contributed by atoms with Crippen LogP contribution in [-0.4, -0.2) is 21.7 Å². The van der Waals surface area contributed by atoms with Gasteiger partial charge in [0.25, 0.3) is 0 Å². The zero-order valence-electron chi connectivity index (χ0n) is 16.8. The van der Waals surface area contributed by atoms with Crippen molar-refractivity contribution >= 4 is 17.4 Å². The maximum Gasteiger partial charge on any atom is 0.434 e. The van der Waals surface area contributed by atoms with E-state index in [-0.39, 0.29) is 34.3 Å². The normalized spacial score (nSPS) is 13.5. The molecule has 0 unspecified atom stereocenters. The monoisotopic (exact) mass is 494 g/mol. The van der Waals surface area contributed by atoms with Crippen molar-refractivity contribution in [1.29, 1.82) is 0 Å². The Bertz CT molecular complexity index is 1410. The lowest BCUT2D eigenvalue weighted by atomic mass is 10.0. The Morgan fingerprint density at radius 1 is 1.00 bits per heavy atom. The topological polar surface area (TPSA) is 65.1 Å². The number of benzene rings is 2. The first kappa shape index (κ1) is 22.0. The van der Waals surface area contributed by atoms with Gasteiger partial charge in [0, 0.05) is 6.20 Å². The van der Waals surface area contributed by atoms with Crippen LogP contribution in [0.3, 0.4) is 0 Å². The van der Waals surface area contributed by atoms with Gasteiger partial charge >= 0.3 is 6.18 Å². The van der Waals surface area contributed by atoms with Gasteiger partial charge in [0.2, 0.25) is 0 Å². The van der Waals surface area contributed by atoms with Crippen molar-refractivity contribution in [2.75, 3.05) is 6.73 Å². The van der Waals surface area contributed by atoms with Crippen LogP contribution < -0.4 is 5.32 Å². The van der Waals surface area contributed by atoms with E-state index in [2.05, 4.69) is 15.6 Å². The van der Waals surface area contributed by atoms with Gasteiger partial charge in [-0.25, -0.2) is 13.5 Å². The molecule has 0 saturated carbocycles. The predicted molar refractivity (Wildman–Crippen MR) is 111 cm³/mol. The lowest BCUT2D eigenvalue weighted by Gasteiger charge is -2.13. The largest absolute Gasteiger partial charge is 0.471 e. The molecule has 6 nitrogen and oxygen atoms in total. The first-order valence-corrected chi connectivity index (χ1v) is 10.1. The van der Waals surface area contributed by atoms with Gasteiger partial charge in [-0.15, -0.1) is 0 Å². The van der Waals surface area contributed by atoms with E-state index in [9.17, 15) is 22.0 Å². The molecule has 5 rings (SSSR count). The second-order valence-electron chi connectivity index (χ2n) is 7.10. The number of hydrogen-bond donors (Lipinski definition) is 1. The third-order valence-electron chi connectivity index (χ3n) is 5.05. The summed E-state index contributed by atoms with van der Waals surface area (Å²) in [5.74, 6) is -2.03. The minimum atomic E-state index is -4.98. The molecular weight excluding hydrogens is 483 g/mol. The molecule has 0 atom stereocenters. The minimum Gasteiger partial charge on any atom is -0.471 e. The summed E-state index contributed by atoms with van der Waals surface area (Å²) >= 11 is 6.17. The van der Waals surface area contributed by atoms with Crippen LogP contribution in [0.1, 0.15) is 11.3 Å². The highest BCUT2D eigenvalue weighted by molar-refractivity contribution is 6.33. The summed E-state index contributed by atoms with van der Waals surface area (Å²) in [5, 5.41) is 10.3. The van der Waals surface area contributed by atoms with E-state index >= 15 is 0 Å². The number of halogens is 6. The lowest BCUT2D eigenvalue weighted by Crippen LogP contribution is -2.15. The minimum absolute atomic E-state index is 0.0189. The summed E-state index contributed by atoms with van der Waals surface area (Å²) in [6, 6.07) is 8.77. The van der Waals surface area contributed by atoms with Gasteiger partial charge in [0.05, 0.1) is 27.9 Å². The zero-order chi connectivity index (χ0) is 24.0. The van der Waals surface area contributed by atoms with Gasteiger partial charge < -0.3 is 14.6 Å². The van der Waals surface area contributed by atoms with Crippen molar-refractivity contribution in [2.24, 2.45) is 0 Å². The van der Waals surface area contributed by atoms with Crippen LogP contribution in [-0.2, 0) is 10.9 Å². The molecule has 0 spiro atoms. The molecule has 174 valence electrons. The number of nitrogens with zero attached hydrogens (tertiary/aromatic N) is 3. The standard InChI is InChI=1S/C22H12ClF5N4O2/c23-12-4-3-6-14(25)17(12)19-18(16-9-29-10-33-16)20(34-31-19)11-8-30-32(21(11)22(26,27)28)15-7-2-1-5-13(15)24/h1-9,29H,10H2. The van der Waals surface area contributed by atoms with E-state index in [0.29, 0.717) is 4.68 Å². The maximum absolute atomic E-state index is 14.7. The van der Waals surface area contributed by atoms with E-state index in [1.807, 2.05) is 0 Å². The number of aromatic nitrogens is 3. The van der Waals surface area contributed by atoms with E-state index in [4.69, 9.17) is 20.9 Å². The summed E-state index contributed by atoms with van der Waals surface area (Å²) in [5.41, 5.74) is -2.70. The number of alkyl halides is 3. The van der Waals surface area contributed by atoms with Crippen LogP contribution in [0.15, 0.2) is 59.4 Å². The highest BCUT2D eigenvalue weighted by atomic mass is 35.5. The van der Waals surface area contributed by atoms with Crippen molar-refractivity contribution in [3.63, 3.8) is 0 Å².